The van der Waals surface area contributed by atoms with E-state index in [9.17, 15) is 18.7 Å². The summed E-state index contributed by atoms with van der Waals surface area (Å²) < 4.78 is 32.2. The number of carbonyl (C=O) groups is 1. The number of aliphatic hydroxyl groups excluding tert-OH is 1. The van der Waals surface area contributed by atoms with Crippen LogP contribution in [0.4, 0.5) is 8.78 Å². The van der Waals surface area contributed by atoms with Crippen LogP contribution in [0.3, 0.4) is 0 Å². The van der Waals surface area contributed by atoms with Crippen LogP contribution in [0, 0.1) is 17.0 Å². The molecular weight excluding hydrogens is 304 g/mol. The van der Waals surface area contributed by atoms with E-state index in [1.54, 1.807) is 4.90 Å². The number of ether oxygens (including phenoxy) is 1. The van der Waals surface area contributed by atoms with Gasteiger partial charge in [0.15, 0.2) is 0 Å². The van der Waals surface area contributed by atoms with Crippen LogP contribution in [-0.4, -0.2) is 47.8 Å². The van der Waals surface area contributed by atoms with Crippen LogP contribution in [0.15, 0.2) is 18.2 Å². The number of carbonyl (C=O) groups excluding carboxylic acids is 1. The fourth-order valence-electron chi connectivity index (χ4n) is 3.80. The molecule has 3 rings (SSSR count). The monoisotopic (exact) mass is 325 g/mol. The van der Waals surface area contributed by atoms with Crippen molar-refractivity contribution in [3.05, 3.63) is 35.4 Å². The normalized spacial score (nSPS) is 26.2. The fraction of sp³-hybridized carbons (Fsp3) is 0.588. The van der Waals surface area contributed by atoms with Gasteiger partial charge in [-0.05, 0) is 31.9 Å². The number of halogens is 2. The Morgan fingerprint density at radius 2 is 1.91 bits per heavy atom. The van der Waals surface area contributed by atoms with E-state index in [1.807, 2.05) is 6.92 Å². The zero-order valence-electron chi connectivity index (χ0n) is 13.1. The molecule has 1 N–H and O–H groups in total. The lowest BCUT2D eigenvalue weighted by molar-refractivity contribution is -0.207. The van der Waals surface area contributed by atoms with Crippen molar-refractivity contribution in [2.75, 3.05) is 19.7 Å². The molecule has 1 aromatic carbocycles. The van der Waals surface area contributed by atoms with Gasteiger partial charge in [0, 0.05) is 43.2 Å². The number of rotatable bonds is 3. The summed E-state index contributed by atoms with van der Waals surface area (Å²) in [6.45, 7) is 3.44. The van der Waals surface area contributed by atoms with E-state index < -0.39 is 17.7 Å². The minimum Gasteiger partial charge on any atom is -0.392 e. The molecule has 6 heteroatoms. The van der Waals surface area contributed by atoms with Crippen molar-refractivity contribution in [3.8, 4) is 0 Å². The molecule has 2 unspecified atom stereocenters. The number of aliphatic hydroxyl groups is 1. The highest BCUT2D eigenvalue weighted by Gasteiger charge is 2.56. The molecule has 1 saturated carbocycles. The molecule has 2 aliphatic rings. The molecule has 0 aromatic heterocycles. The maximum Gasteiger partial charge on any atom is 0.254 e. The predicted molar refractivity (Wildman–Crippen MR) is 80.0 cm³/mol. The third-order valence-corrected chi connectivity index (χ3v) is 5.20. The van der Waals surface area contributed by atoms with Gasteiger partial charge in [0.25, 0.3) is 5.91 Å². The Morgan fingerprint density at radius 1 is 1.30 bits per heavy atom. The van der Waals surface area contributed by atoms with Crippen LogP contribution in [0.2, 0.25) is 0 Å². The van der Waals surface area contributed by atoms with Gasteiger partial charge in [-0.25, -0.2) is 8.78 Å². The van der Waals surface area contributed by atoms with Crippen molar-refractivity contribution >= 4 is 5.91 Å². The first-order valence-corrected chi connectivity index (χ1v) is 8.01. The zero-order valence-corrected chi connectivity index (χ0v) is 13.1. The second-order valence-corrected chi connectivity index (χ2v) is 6.38. The average molecular weight is 325 g/mol. The summed E-state index contributed by atoms with van der Waals surface area (Å²) in [5.41, 5.74) is -0.256. The molecule has 1 amide bonds. The number of nitrogens with zero attached hydrogens (tertiary/aromatic N) is 1. The summed E-state index contributed by atoms with van der Waals surface area (Å²) in [6.07, 6.45) is 1.55. The van der Waals surface area contributed by atoms with E-state index in [-0.39, 0.29) is 23.0 Å². The lowest BCUT2D eigenvalue weighted by Gasteiger charge is -2.56. The van der Waals surface area contributed by atoms with E-state index in [1.165, 1.54) is 0 Å². The molecule has 126 valence electrons. The van der Waals surface area contributed by atoms with Crippen molar-refractivity contribution in [2.24, 2.45) is 5.41 Å². The number of piperidine rings is 1. The van der Waals surface area contributed by atoms with Gasteiger partial charge < -0.3 is 14.7 Å². The van der Waals surface area contributed by atoms with Crippen molar-refractivity contribution in [1.29, 1.82) is 0 Å². The highest BCUT2D eigenvalue weighted by atomic mass is 19.1. The Balaban J connectivity index is 1.68. The number of benzene rings is 1. The number of likely N-dealkylation sites (tertiary alicyclic amines) is 1. The summed E-state index contributed by atoms with van der Waals surface area (Å²) >= 11 is 0. The van der Waals surface area contributed by atoms with Gasteiger partial charge in [-0.3, -0.25) is 4.79 Å². The summed E-state index contributed by atoms with van der Waals surface area (Å²) in [5.74, 6) is -1.89. The van der Waals surface area contributed by atoms with E-state index in [0.717, 1.165) is 18.2 Å². The topological polar surface area (TPSA) is 49.8 Å². The Hall–Kier alpha value is -1.53. The minimum atomic E-state index is -0.757. The second-order valence-electron chi connectivity index (χ2n) is 6.38. The molecule has 1 aliphatic heterocycles. The molecule has 0 radical (unpaired) electrons. The lowest BCUT2D eigenvalue weighted by atomic mass is 9.58. The van der Waals surface area contributed by atoms with Gasteiger partial charge in [-0.1, -0.05) is 0 Å². The Bertz CT molecular complexity index is 577. The van der Waals surface area contributed by atoms with Crippen LogP contribution in [0.1, 0.15) is 36.5 Å². The van der Waals surface area contributed by atoms with Gasteiger partial charge in [0.05, 0.1) is 12.2 Å². The van der Waals surface area contributed by atoms with Crippen molar-refractivity contribution < 1.29 is 23.4 Å². The largest absolute Gasteiger partial charge is 0.392 e. The highest BCUT2D eigenvalue weighted by Crippen LogP contribution is 2.51. The van der Waals surface area contributed by atoms with Crippen LogP contribution >= 0.6 is 0 Å². The smallest absolute Gasteiger partial charge is 0.254 e. The number of hydrogen-bond donors (Lipinski definition) is 1. The molecule has 2 atom stereocenters. The van der Waals surface area contributed by atoms with Crippen molar-refractivity contribution in [3.63, 3.8) is 0 Å². The Kier molecular flexibility index (Phi) is 4.38. The maximum absolute atomic E-state index is 13.3. The summed E-state index contributed by atoms with van der Waals surface area (Å²) in [5, 5.41) is 10.2. The summed E-state index contributed by atoms with van der Waals surface area (Å²) in [7, 11) is 0. The number of hydrogen-bond acceptors (Lipinski definition) is 3. The van der Waals surface area contributed by atoms with Gasteiger partial charge in [0.2, 0.25) is 0 Å². The molecule has 2 fully saturated rings. The van der Waals surface area contributed by atoms with Crippen LogP contribution in [0.25, 0.3) is 0 Å². The molecule has 1 spiro atoms. The van der Waals surface area contributed by atoms with Gasteiger partial charge in [-0.15, -0.1) is 0 Å². The molecule has 0 bridgehead atoms. The van der Waals surface area contributed by atoms with Gasteiger partial charge in [-0.2, -0.15) is 0 Å². The molecule has 23 heavy (non-hydrogen) atoms. The average Bonchev–Trinajstić information content (AvgIpc) is 2.53. The van der Waals surface area contributed by atoms with E-state index in [0.29, 0.717) is 39.0 Å². The third-order valence-electron chi connectivity index (χ3n) is 5.20. The van der Waals surface area contributed by atoms with Crippen LogP contribution < -0.4 is 0 Å². The zero-order chi connectivity index (χ0) is 16.6. The van der Waals surface area contributed by atoms with E-state index in [4.69, 9.17) is 4.74 Å². The molecular formula is C17H21F2NO3. The molecule has 1 aliphatic carbocycles. The quantitative estimate of drug-likeness (QED) is 0.928. The van der Waals surface area contributed by atoms with Gasteiger partial charge in [0.1, 0.15) is 11.6 Å². The van der Waals surface area contributed by atoms with Gasteiger partial charge >= 0.3 is 0 Å². The second kappa shape index (κ2) is 6.17. The summed E-state index contributed by atoms with van der Waals surface area (Å²) in [4.78, 5) is 14.0. The van der Waals surface area contributed by atoms with Crippen LogP contribution in [-0.2, 0) is 4.74 Å². The summed E-state index contributed by atoms with van der Waals surface area (Å²) in [6, 6.07) is 2.85. The first-order valence-electron chi connectivity index (χ1n) is 8.01. The maximum atomic E-state index is 13.3. The molecule has 1 saturated heterocycles. The van der Waals surface area contributed by atoms with E-state index in [2.05, 4.69) is 0 Å². The number of amides is 1. The van der Waals surface area contributed by atoms with Crippen LogP contribution in [0.5, 0.6) is 0 Å². The molecule has 1 heterocycles. The predicted octanol–water partition coefficient (Wildman–Crippen LogP) is 2.36. The highest BCUT2D eigenvalue weighted by molar-refractivity contribution is 5.94. The van der Waals surface area contributed by atoms with E-state index >= 15 is 0 Å². The first-order chi connectivity index (χ1) is 11.0. The standard InChI is InChI=1S/C17H21F2NO3/c1-2-23-15-10-14(21)17(15)3-5-20(6-4-17)16(22)11-7-12(18)9-13(19)8-11/h7-9,14-15,21H,2-6,10H2,1H3. The first kappa shape index (κ1) is 16.3. The Labute approximate surface area is 134 Å². The lowest BCUT2D eigenvalue weighted by Crippen LogP contribution is -2.62. The van der Waals surface area contributed by atoms with Crippen molar-refractivity contribution in [1.82, 2.24) is 4.90 Å². The molecule has 4 nitrogen and oxygen atoms in total. The third kappa shape index (κ3) is 2.85. The van der Waals surface area contributed by atoms with Crippen molar-refractivity contribution in [2.45, 2.75) is 38.4 Å². The fourth-order valence-corrected chi connectivity index (χ4v) is 3.80. The Morgan fingerprint density at radius 3 is 2.43 bits per heavy atom. The molecule has 1 aromatic rings. The minimum absolute atomic E-state index is 0.0222. The SMILES string of the molecule is CCOC1CC(O)C12CCN(C(=O)c1cc(F)cc(F)c1)CC2.